The summed E-state index contributed by atoms with van der Waals surface area (Å²) in [4.78, 5) is 0. The van der Waals surface area contributed by atoms with Crippen molar-refractivity contribution in [2.75, 3.05) is 0 Å². The van der Waals surface area contributed by atoms with Crippen LogP contribution in [0.3, 0.4) is 0 Å². The first kappa shape index (κ1) is 46.1. The molecule has 0 saturated carbocycles. The van der Waals surface area contributed by atoms with Crippen LogP contribution in [0.5, 0.6) is 0 Å². The molecular formula is C46H82O11. The summed E-state index contributed by atoms with van der Waals surface area (Å²) in [6.45, 7) is 17.0. The van der Waals surface area contributed by atoms with E-state index in [1.54, 1.807) is 0 Å². The number of aliphatic hydroxyl groups is 2. The Morgan fingerprint density at radius 1 is 0.333 bits per heavy atom. The van der Waals surface area contributed by atoms with Crippen LogP contribution in [0.2, 0.25) is 0 Å². The zero-order valence-corrected chi connectivity index (χ0v) is 36.8. The normalized spacial score (nSPS) is 47.1. The van der Waals surface area contributed by atoms with Crippen LogP contribution in [-0.4, -0.2) is 132 Å². The van der Waals surface area contributed by atoms with E-state index >= 15 is 0 Å². The van der Waals surface area contributed by atoms with Crippen molar-refractivity contribution in [3.8, 4) is 0 Å². The highest BCUT2D eigenvalue weighted by molar-refractivity contribution is 4.90. The van der Waals surface area contributed by atoms with E-state index in [1.165, 1.54) is 64.2 Å². The Balaban J connectivity index is 0.000000132. The summed E-state index contributed by atoms with van der Waals surface area (Å²) in [5.74, 6) is 0. The van der Waals surface area contributed by atoms with Crippen LogP contribution in [0.15, 0.2) is 0 Å². The minimum Gasteiger partial charge on any atom is -0.390 e. The van der Waals surface area contributed by atoms with Crippen LogP contribution in [0.4, 0.5) is 0 Å². The van der Waals surface area contributed by atoms with Crippen LogP contribution < -0.4 is 0 Å². The minimum atomic E-state index is -0.455. The summed E-state index contributed by atoms with van der Waals surface area (Å²) in [7, 11) is 0. The second-order valence-corrected chi connectivity index (χ2v) is 19.2. The number of aliphatic hydroxyl groups excluding tert-OH is 2. The van der Waals surface area contributed by atoms with Gasteiger partial charge < -0.3 is 52.8 Å². The van der Waals surface area contributed by atoms with E-state index in [0.717, 1.165) is 38.5 Å². The molecule has 0 aromatic carbocycles. The molecule has 0 radical (unpaired) electrons. The lowest BCUT2D eigenvalue weighted by molar-refractivity contribution is -0.100. The monoisotopic (exact) mass is 811 g/mol. The van der Waals surface area contributed by atoms with E-state index < -0.39 is 12.2 Å². The van der Waals surface area contributed by atoms with E-state index in [-0.39, 0.29) is 24.4 Å². The van der Waals surface area contributed by atoms with Crippen LogP contribution in [-0.2, 0) is 42.6 Å². The summed E-state index contributed by atoms with van der Waals surface area (Å²) >= 11 is 0. The standard InChI is InChI=1S/C14H26O4.C14H24O3.C10H18O2.C8H14O2/c1-9-3-7-13(17-9)11(15)5-6-12(16)14-8-4-10(2)18-14;1-9-3-5-11(15-9)13-7-8-14(17-13)12-6-4-10(2)16-12;1-7-3-5-9(11-7)10-6-4-8(2)12-10;1-5-7(9-5)3-4-8-6(2)10-8/h9-16H,3-8H2,1-2H3;9-14H,3-8H2,1-2H3;7-10H,3-6H2,1-2H3;5-8H,3-4H2,1-2H3/t9-,10+,11+,12-,13+,14?;;;/m0.../s1. The van der Waals surface area contributed by atoms with Crippen molar-refractivity contribution in [2.45, 2.75) is 293 Å². The fraction of sp³-hybridized carbons (Fsp3) is 1.00. The number of hydrogen-bond acceptors (Lipinski definition) is 11. The van der Waals surface area contributed by atoms with Crippen molar-refractivity contribution in [3.05, 3.63) is 0 Å². The predicted octanol–water partition coefficient (Wildman–Crippen LogP) is 7.76. The molecule has 2 N–H and O–H groups in total. The number of hydrogen-bond donors (Lipinski definition) is 2. The molecule has 332 valence electrons. The van der Waals surface area contributed by atoms with Gasteiger partial charge in [0.15, 0.2) is 0 Å². The van der Waals surface area contributed by atoms with Crippen LogP contribution >= 0.6 is 0 Å². The summed E-state index contributed by atoms with van der Waals surface area (Å²) in [6.07, 6.45) is 24.8. The van der Waals surface area contributed by atoms with Crippen molar-refractivity contribution in [1.82, 2.24) is 0 Å². The molecule has 9 heterocycles. The van der Waals surface area contributed by atoms with Gasteiger partial charge in [0, 0.05) is 0 Å². The average Bonchev–Trinajstić information content (AvgIpc) is 3.81. The maximum Gasteiger partial charge on any atom is 0.0842 e. The third-order valence-electron chi connectivity index (χ3n) is 13.9. The second kappa shape index (κ2) is 22.1. The van der Waals surface area contributed by atoms with Gasteiger partial charge in [0.05, 0.1) is 122 Å². The molecule has 9 aliphatic heterocycles. The summed E-state index contributed by atoms with van der Waals surface area (Å²) in [5, 5.41) is 20.1. The SMILES string of the molecule is CC1CCC(C2CCC(C)O2)O1.CC1CCC(C2CCC(C3CCC(C)O3)O2)O1.CC1OC1CCC1OC1C.C[C@@H]1CCC([C@@H](O)CC[C@@H](O)[C@H]2CC[C@H](C)O2)O1. The fourth-order valence-corrected chi connectivity index (χ4v) is 10.0. The highest BCUT2D eigenvalue weighted by Crippen LogP contribution is 2.36. The lowest BCUT2D eigenvalue weighted by Crippen LogP contribution is -2.31. The first-order valence-corrected chi connectivity index (χ1v) is 23.6. The Morgan fingerprint density at radius 3 is 0.807 bits per heavy atom. The van der Waals surface area contributed by atoms with E-state index in [2.05, 4.69) is 41.5 Å². The number of ether oxygens (including phenoxy) is 9. The molecular weight excluding hydrogens is 728 g/mol. The van der Waals surface area contributed by atoms with Gasteiger partial charge in [-0.3, -0.25) is 0 Å². The molecule has 0 amide bonds. The Kier molecular flexibility index (Phi) is 17.8. The zero-order chi connectivity index (χ0) is 40.6. The molecule has 0 spiro atoms. The average molecular weight is 811 g/mol. The smallest absolute Gasteiger partial charge is 0.0842 e. The molecule has 11 heteroatoms. The predicted molar refractivity (Wildman–Crippen MR) is 218 cm³/mol. The highest BCUT2D eigenvalue weighted by Gasteiger charge is 2.42. The molecule has 9 fully saturated rings. The molecule has 9 saturated heterocycles. The molecule has 57 heavy (non-hydrogen) atoms. The summed E-state index contributed by atoms with van der Waals surface area (Å²) in [6, 6.07) is 0. The molecule has 0 aliphatic carbocycles. The molecule has 9 rings (SSSR count). The van der Waals surface area contributed by atoms with E-state index in [4.69, 9.17) is 42.6 Å². The first-order valence-electron chi connectivity index (χ1n) is 23.6. The summed E-state index contributed by atoms with van der Waals surface area (Å²) < 4.78 is 51.4. The fourth-order valence-electron chi connectivity index (χ4n) is 10.0. The van der Waals surface area contributed by atoms with Gasteiger partial charge in [0.1, 0.15) is 0 Å². The van der Waals surface area contributed by atoms with Crippen molar-refractivity contribution in [2.24, 2.45) is 0 Å². The molecule has 20 atom stereocenters. The first-order chi connectivity index (χ1) is 27.3. The molecule has 9 aliphatic rings. The van der Waals surface area contributed by atoms with Gasteiger partial charge in [-0.25, -0.2) is 0 Å². The molecule has 0 aromatic rings. The van der Waals surface area contributed by atoms with Gasteiger partial charge in [-0.05, 0) is 171 Å². The number of rotatable bonds is 11. The Morgan fingerprint density at radius 2 is 0.579 bits per heavy atom. The Labute approximate surface area is 345 Å². The topological polar surface area (TPSA) is 130 Å². The van der Waals surface area contributed by atoms with Crippen LogP contribution in [0.25, 0.3) is 0 Å². The Hall–Kier alpha value is -0.440. The zero-order valence-electron chi connectivity index (χ0n) is 36.8. The van der Waals surface area contributed by atoms with Gasteiger partial charge in [-0.15, -0.1) is 0 Å². The maximum absolute atomic E-state index is 10.0. The van der Waals surface area contributed by atoms with Gasteiger partial charge >= 0.3 is 0 Å². The van der Waals surface area contributed by atoms with Crippen molar-refractivity contribution >= 4 is 0 Å². The quantitative estimate of drug-likeness (QED) is 0.199. The maximum atomic E-state index is 10.0. The van der Waals surface area contributed by atoms with Crippen LogP contribution in [0, 0.1) is 0 Å². The number of epoxide rings is 2. The van der Waals surface area contributed by atoms with Crippen molar-refractivity contribution < 1.29 is 52.8 Å². The Bertz CT molecular complexity index is 1080. The van der Waals surface area contributed by atoms with Crippen molar-refractivity contribution in [1.29, 1.82) is 0 Å². The van der Waals surface area contributed by atoms with E-state index in [1.807, 2.05) is 13.8 Å². The van der Waals surface area contributed by atoms with Crippen molar-refractivity contribution in [3.63, 3.8) is 0 Å². The van der Waals surface area contributed by atoms with Crippen LogP contribution in [0.1, 0.15) is 171 Å². The molecule has 15 unspecified atom stereocenters. The molecule has 0 bridgehead atoms. The summed E-state index contributed by atoms with van der Waals surface area (Å²) in [5.41, 5.74) is 0. The lowest BCUT2D eigenvalue weighted by atomic mass is 10.00. The largest absolute Gasteiger partial charge is 0.390 e. The second-order valence-electron chi connectivity index (χ2n) is 19.2. The van der Waals surface area contributed by atoms with Gasteiger partial charge in [-0.2, -0.15) is 0 Å². The third-order valence-corrected chi connectivity index (χ3v) is 13.9. The van der Waals surface area contributed by atoms with Gasteiger partial charge in [0.25, 0.3) is 0 Å². The van der Waals surface area contributed by atoms with E-state index in [9.17, 15) is 10.2 Å². The van der Waals surface area contributed by atoms with E-state index in [0.29, 0.717) is 98.3 Å². The van der Waals surface area contributed by atoms with Gasteiger partial charge in [-0.1, -0.05) is 0 Å². The highest BCUT2D eigenvalue weighted by atomic mass is 16.6. The van der Waals surface area contributed by atoms with Gasteiger partial charge in [0.2, 0.25) is 0 Å². The third kappa shape index (κ3) is 14.6. The molecule has 0 aromatic heterocycles. The molecule has 11 nitrogen and oxygen atoms in total. The minimum absolute atomic E-state index is 0.0457. The lowest BCUT2D eigenvalue weighted by Gasteiger charge is -2.22.